The summed E-state index contributed by atoms with van der Waals surface area (Å²) >= 11 is 3.35. The summed E-state index contributed by atoms with van der Waals surface area (Å²) in [6.07, 6.45) is 0.126. The van der Waals surface area contributed by atoms with Crippen LogP contribution in [0.4, 0.5) is 5.69 Å². The van der Waals surface area contributed by atoms with Gasteiger partial charge in [-0.3, -0.25) is 4.79 Å². The van der Waals surface area contributed by atoms with Crippen molar-refractivity contribution in [2.24, 2.45) is 0 Å². The number of hydrogen-bond acceptors (Lipinski definition) is 3. The van der Waals surface area contributed by atoms with E-state index in [0.29, 0.717) is 13.1 Å². The Morgan fingerprint density at radius 3 is 2.75 bits per heavy atom. The number of β-amino-alcohol motifs (C(OH)–C–C–N with tert-alkyl or cyclic N) is 1. The molecule has 1 aromatic rings. The van der Waals surface area contributed by atoms with Crippen LogP contribution in [0.2, 0.25) is 0 Å². The van der Waals surface area contributed by atoms with E-state index in [2.05, 4.69) is 26.6 Å². The smallest absolute Gasteiger partial charge is 0.227 e. The number of halogens is 1. The fraction of sp³-hybridized carbons (Fsp3) is 0.364. The fourth-order valence-electron chi connectivity index (χ4n) is 1.59. The largest absolute Gasteiger partial charge is 0.387 e. The second kappa shape index (κ2) is 4.53. The van der Waals surface area contributed by atoms with Crippen LogP contribution in [0.25, 0.3) is 0 Å². The van der Waals surface area contributed by atoms with E-state index in [1.807, 2.05) is 24.3 Å². The quantitative estimate of drug-likeness (QED) is 0.779. The molecule has 86 valence electrons. The zero-order valence-electron chi connectivity index (χ0n) is 8.66. The highest BCUT2D eigenvalue weighted by Crippen LogP contribution is 2.22. The molecule has 5 heteroatoms. The standard InChI is InChI=1S/C11H13BrN2O2/c12-8-3-1-2-4-9(8)14-10(15)5-11(16)6-13-7-11/h1-4,13,16H,5-7H2,(H,14,15). The highest BCUT2D eigenvalue weighted by atomic mass is 79.9. The minimum absolute atomic E-state index is 0.126. The molecule has 0 unspecified atom stereocenters. The Hall–Kier alpha value is -0.910. The molecule has 0 spiro atoms. The molecule has 1 fully saturated rings. The lowest BCUT2D eigenvalue weighted by molar-refractivity contribution is -0.123. The summed E-state index contributed by atoms with van der Waals surface area (Å²) in [5.41, 5.74) is -0.144. The number of anilines is 1. The second-order valence-corrected chi connectivity index (χ2v) is 4.89. The predicted molar refractivity (Wildman–Crippen MR) is 65.2 cm³/mol. The van der Waals surface area contributed by atoms with Gasteiger partial charge in [-0.15, -0.1) is 0 Å². The van der Waals surface area contributed by atoms with Crippen LogP contribution in [0.5, 0.6) is 0 Å². The van der Waals surface area contributed by atoms with Gasteiger partial charge in [0, 0.05) is 17.6 Å². The Morgan fingerprint density at radius 1 is 1.50 bits per heavy atom. The highest BCUT2D eigenvalue weighted by molar-refractivity contribution is 9.10. The van der Waals surface area contributed by atoms with Gasteiger partial charge in [0.1, 0.15) is 0 Å². The highest BCUT2D eigenvalue weighted by Gasteiger charge is 2.36. The third-order valence-electron chi connectivity index (χ3n) is 2.55. The maximum Gasteiger partial charge on any atom is 0.227 e. The third-order valence-corrected chi connectivity index (χ3v) is 3.24. The van der Waals surface area contributed by atoms with Crippen LogP contribution >= 0.6 is 15.9 Å². The summed E-state index contributed by atoms with van der Waals surface area (Å²) < 4.78 is 0.835. The Balaban J connectivity index is 1.95. The fourth-order valence-corrected chi connectivity index (χ4v) is 1.98. The molecule has 1 aromatic carbocycles. The topological polar surface area (TPSA) is 61.4 Å². The van der Waals surface area contributed by atoms with Gasteiger partial charge in [-0.1, -0.05) is 12.1 Å². The van der Waals surface area contributed by atoms with Crippen molar-refractivity contribution in [2.45, 2.75) is 12.0 Å². The second-order valence-electron chi connectivity index (χ2n) is 4.03. The molecule has 1 saturated heterocycles. The Morgan fingerprint density at radius 2 is 2.19 bits per heavy atom. The van der Waals surface area contributed by atoms with Crippen LogP contribution in [0, 0.1) is 0 Å². The summed E-state index contributed by atoms with van der Waals surface area (Å²) in [6, 6.07) is 7.39. The van der Waals surface area contributed by atoms with Gasteiger partial charge in [0.25, 0.3) is 0 Å². The van der Waals surface area contributed by atoms with Crippen molar-refractivity contribution in [2.75, 3.05) is 18.4 Å². The molecule has 1 heterocycles. The van der Waals surface area contributed by atoms with Crippen molar-refractivity contribution in [1.29, 1.82) is 0 Å². The monoisotopic (exact) mass is 284 g/mol. The lowest BCUT2D eigenvalue weighted by Gasteiger charge is -2.36. The van der Waals surface area contributed by atoms with E-state index in [0.717, 1.165) is 10.2 Å². The molecule has 1 aliphatic rings. The number of aliphatic hydroxyl groups is 1. The summed E-state index contributed by atoms with van der Waals surface area (Å²) in [7, 11) is 0. The SMILES string of the molecule is O=C(CC1(O)CNC1)Nc1ccccc1Br. The van der Waals surface area contributed by atoms with Crippen LogP contribution in [-0.4, -0.2) is 29.7 Å². The average Bonchev–Trinajstić information content (AvgIpc) is 2.19. The van der Waals surface area contributed by atoms with Crippen LogP contribution in [-0.2, 0) is 4.79 Å². The van der Waals surface area contributed by atoms with Gasteiger partial charge >= 0.3 is 0 Å². The normalized spacial score (nSPS) is 17.6. The number of para-hydroxylation sites is 1. The minimum Gasteiger partial charge on any atom is -0.387 e. The molecule has 0 radical (unpaired) electrons. The van der Waals surface area contributed by atoms with E-state index in [4.69, 9.17) is 0 Å². The third kappa shape index (κ3) is 2.61. The number of carbonyl (C=O) groups excluding carboxylic acids is 1. The molecular formula is C11H13BrN2O2. The van der Waals surface area contributed by atoms with Crippen LogP contribution in [0.15, 0.2) is 28.7 Å². The van der Waals surface area contributed by atoms with E-state index in [1.165, 1.54) is 0 Å². The van der Waals surface area contributed by atoms with Crippen molar-refractivity contribution >= 4 is 27.5 Å². The van der Waals surface area contributed by atoms with Gasteiger partial charge in [-0.2, -0.15) is 0 Å². The first-order chi connectivity index (χ1) is 7.59. The summed E-state index contributed by atoms with van der Waals surface area (Å²) in [5.74, 6) is -0.170. The van der Waals surface area contributed by atoms with E-state index < -0.39 is 5.60 Å². The van der Waals surface area contributed by atoms with Gasteiger partial charge in [0.2, 0.25) is 5.91 Å². The van der Waals surface area contributed by atoms with Gasteiger partial charge in [-0.25, -0.2) is 0 Å². The first-order valence-corrected chi connectivity index (χ1v) is 5.86. The van der Waals surface area contributed by atoms with Crippen molar-refractivity contribution in [1.82, 2.24) is 5.32 Å². The number of rotatable bonds is 3. The van der Waals surface area contributed by atoms with E-state index in [9.17, 15) is 9.90 Å². The Kier molecular flexibility index (Phi) is 3.28. The molecule has 2 rings (SSSR count). The molecule has 0 atom stereocenters. The van der Waals surface area contributed by atoms with Gasteiger partial charge < -0.3 is 15.7 Å². The Labute approximate surface area is 102 Å². The maximum atomic E-state index is 11.7. The molecule has 0 saturated carbocycles. The van der Waals surface area contributed by atoms with Crippen molar-refractivity contribution in [3.63, 3.8) is 0 Å². The molecule has 1 amide bonds. The van der Waals surface area contributed by atoms with Crippen molar-refractivity contribution < 1.29 is 9.90 Å². The van der Waals surface area contributed by atoms with Gasteiger partial charge in [0.15, 0.2) is 0 Å². The average molecular weight is 285 g/mol. The van der Waals surface area contributed by atoms with Crippen LogP contribution in [0.1, 0.15) is 6.42 Å². The maximum absolute atomic E-state index is 11.7. The number of nitrogens with one attached hydrogen (secondary N) is 2. The first kappa shape index (κ1) is 11.6. The summed E-state index contributed by atoms with van der Waals surface area (Å²) in [5, 5.41) is 15.5. The van der Waals surface area contributed by atoms with E-state index >= 15 is 0 Å². The van der Waals surface area contributed by atoms with Crippen molar-refractivity contribution in [3.8, 4) is 0 Å². The Bertz CT molecular complexity index is 405. The zero-order chi connectivity index (χ0) is 11.6. The lowest BCUT2D eigenvalue weighted by atomic mass is 9.93. The summed E-state index contributed by atoms with van der Waals surface area (Å²) in [6.45, 7) is 0.965. The molecule has 0 aromatic heterocycles. The van der Waals surface area contributed by atoms with Gasteiger partial charge in [-0.05, 0) is 28.1 Å². The molecule has 16 heavy (non-hydrogen) atoms. The van der Waals surface area contributed by atoms with Gasteiger partial charge in [0.05, 0.1) is 17.7 Å². The number of carbonyl (C=O) groups is 1. The molecule has 0 bridgehead atoms. The van der Waals surface area contributed by atoms with Crippen LogP contribution in [0.3, 0.4) is 0 Å². The predicted octanol–water partition coefficient (Wildman–Crippen LogP) is 1.11. The minimum atomic E-state index is -0.870. The molecule has 3 N–H and O–H groups in total. The zero-order valence-corrected chi connectivity index (χ0v) is 10.3. The molecule has 0 aliphatic carbocycles. The molecular weight excluding hydrogens is 272 g/mol. The first-order valence-electron chi connectivity index (χ1n) is 5.07. The molecule has 4 nitrogen and oxygen atoms in total. The lowest BCUT2D eigenvalue weighted by Crippen LogP contribution is -2.60. The number of benzene rings is 1. The van der Waals surface area contributed by atoms with Crippen molar-refractivity contribution in [3.05, 3.63) is 28.7 Å². The van der Waals surface area contributed by atoms with E-state index in [-0.39, 0.29) is 12.3 Å². The summed E-state index contributed by atoms with van der Waals surface area (Å²) in [4.78, 5) is 11.7. The number of hydrogen-bond donors (Lipinski definition) is 3. The molecule has 1 aliphatic heterocycles. The van der Waals surface area contributed by atoms with Crippen LogP contribution < -0.4 is 10.6 Å². The van der Waals surface area contributed by atoms with E-state index in [1.54, 1.807) is 0 Å². The number of amides is 1.